The molecule has 0 aliphatic rings. The number of nitrogens with zero attached hydrogens (tertiary/aromatic N) is 3. The Morgan fingerprint density at radius 2 is 1.63 bits per heavy atom. The summed E-state index contributed by atoms with van der Waals surface area (Å²) in [6.45, 7) is 0.811. The van der Waals surface area contributed by atoms with Crippen LogP contribution in [-0.2, 0) is 6.54 Å². The van der Waals surface area contributed by atoms with Crippen LogP contribution in [0.5, 0.6) is 5.88 Å². The summed E-state index contributed by atoms with van der Waals surface area (Å²) in [5, 5.41) is 2.78. The van der Waals surface area contributed by atoms with E-state index < -0.39 is 6.09 Å². The highest BCUT2D eigenvalue weighted by Gasteiger charge is 2.14. The maximum absolute atomic E-state index is 12.4. The number of rotatable bonds is 6. The predicted molar refractivity (Wildman–Crippen MR) is 117 cm³/mol. The molecule has 3 aromatic rings. The van der Waals surface area contributed by atoms with Crippen molar-refractivity contribution in [1.29, 1.82) is 0 Å². The summed E-state index contributed by atoms with van der Waals surface area (Å²) in [6.07, 6.45) is 0.895. The minimum absolute atomic E-state index is 0.147. The lowest BCUT2D eigenvalue weighted by Gasteiger charge is -2.16. The highest BCUT2D eigenvalue weighted by Crippen LogP contribution is 2.17. The molecule has 7 nitrogen and oxygen atoms in total. The fourth-order valence-electron chi connectivity index (χ4n) is 2.76. The van der Waals surface area contributed by atoms with Gasteiger partial charge in [-0.3, -0.25) is 9.69 Å². The SMILES string of the molecule is CN(C)Cc1ccc(C(=O)Nc2ccc(OC(=O)N(C)c3ccccc3)nc2)cc1. The molecule has 0 aliphatic heterocycles. The summed E-state index contributed by atoms with van der Waals surface area (Å²) in [5.41, 5.74) is 2.90. The Bertz CT molecular complexity index is 987. The first-order valence-electron chi connectivity index (χ1n) is 9.44. The summed E-state index contributed by atoms with van der Waals surface area (Å²) >= 11 is 0. The number of anilines is 2. The number of carbonyl (C=O) groups excluding carboxylic acids is 2. The second-order valence-corrected chi connectivity index (χ2v) is 7.04. The van der Waals surface area contributed by atoms with Crippen molar-refractivity contribution in [2.45, 2.75) is 6.54 Å². The standard InChI is InChI=1S/C23H24N4O3/c1-26(2)16-17-9-11-18(12-10-17)22(28)25-19-13-14-21(24-15-19)30-23(29)27(3)20-7-5-4-6-8-20/h4-15H,16H2,1-3H3,(H,25,28). The van der Waals surface area contributed by atoms with Crippen LogP contribution in [-0.4, -0.2) is 43.0 Å². The number of para-hydroxylation sites is 1. The number of ether oxygens (including phenoxy) is 1. The fourth-order valence-corrected chi connectivity index (χ4v) is 2.76. The predicted octanol–water partition coefficient (Wildman–Crippen LogP) is 4.03. The van der Waals surface area contributed by atoms with Crippen LogP contribution in [0.25, 0.3) is 0 Å². The van der Waals surface area contributed by atoms with Crippen LogP contribution in [0.1, 0.15) is 15.9 Å². The first-order chi connectivity index (χ1) is 14.4. The highest BCUT2D eigenvalue weighted by atomic mass is 16.6. The van der Waals surface area contributed by atoms with Gasteiger partial charge in [0.05, 0.1) is 11.9 Å². The number of nitrogens with one attached hydrogen (secondary N) is 1. The van der Waals surface area contributed by atoms with Crippen LogP contribution >= 0.6 is 0 Å². The maximum Gasteiger partial charge on any atom is 0.420 e. The van der Waals surface area contributed by atoms with Gasteiger partial charge >= 0.3 is 6.09 Å². The third-order valence-electron chi connectivity index (χ3n) is 4.32. The van der Waals surface area contributed by atoms with Crippen LogP contribution < -0.4 is 15.0 Å². The number of benzene rings is 2. The van der Waals surface area contributed by atoms with E-state index >= 15 is 0 Å². The van der Waals surface area contributed by atoms with E-state index in [-0.39, 0.29) is 11.8 Å². The molecule has 3 rings (SSSR count). The average Bonchev–Trinajstić information content (AvgIpc) is 2.75. The van der Waals surface area contributed by atoms with E-state index in [0.717, 1.165) is 12.1 Å². The van der Waals surface area contributed by atoms with Crippen molar-refractivity contribution in [2.24, 2.45) is 0 Å². The smallest absolute Gasteiger partial charge is 0.391 e. The summed E-state index contributed by atoms with van der Waals surface area (Å²) in [4.78, 5) is 32.2. The molecule has 0 aliphatic carbocycles. The van der Waals surface area contributed by atoms with Gasteiger partial charge in [-0.1, -0.05) is 30.3 Å². The zero-order valence-corrected chi connectivity index (χ0v) is 17.2. The molecule has 2 amide bonds. The van der Waals surface area contributed by atoms with Gasteiger partial charge in [-0.25, -0.2) is 9.78 Å². The maximum atomic E-state index is 12.4. The molecule has 1 N–H and O–H groups in total. The van der Waals surface area contributed by atoms with Gasteiger partial charge in [0.2, 0.25) is 5.88 Å². The monoisotopic (exact) mass is 404 g/mol. The molecule has 0 bridgehead atoms. The molecule has 0 unspecified atom stereocenters. The Morgan fingerprint density at radius 3 is 2.23 bits per heavy atom. The Hall–Kier alpha value is -3.71. The molecule has 0 saturated carbocycles. The van der Waals surface area contributed by atoms with Crippen molar-refractivity contribution in [2.75, 3.05) is 31.4 Å². The number of hydrogen-bond donors (Lipinski definition) is 1. The molecular weight excluding hydrogens is 380 g/mol. The third kappa shape index (κ3) is 5.65. The lowest BCUT2D eigenvalue weighted by Crippen LogP contribution is -2.29. The van der Waals surface area contributed by atoms with Crippen molar-refractivity contribution in [3.05, 3.63) is 84.1 Å². The molecular formula is C23H24N4O3. The van der Waals surface area contributed by atoms with Crippen LogP contribution in [0.15, 0.2) is 72.9 Å². The van der Waals surface area contributed by atoms with E-state index in [1.807, 2.05) is 44.4 Å². The van der Waals surface area contributed by atoms with Gasteiger partial charge in [-0.15, -0.1) is 0 Å². The normalized spacial score (nSPS) is 10.5. The van der Waals surface area contributed by atoms with Gasteiger partial charge in [-0.2, -0.15) is 0 Å². The van der Waals surface area contributed by atoms with Crippen LogP contribution in [0.2, 0.25) is 0 Å². The Labute approximate surface area is 175 Å². The Morgan fingerprint density at radius 1 is 0.933 bits per heavy atom. The van der Waals surface area contributed by atoms with Crippen molar-refractivity contribution < 1.29 is 14.3 Å². The number of aromatic nitrogens is 1. The second kappa shape index (κ2) is 9.67. The minimum atomic E-state index is -0.553. The van der Waals surface area contributed by atoms with Crippen molar-refractivity contribution in [1.82, 2.24) is 9.88 Å². The number of amides is 2. The minimum Gasteiger partial charge on any atom is -0.391 e. The lowest BCUT2D eigenvalue weighted by atomic mass is 10.1. The van der Waals surface area contributed by atoms with Gasteiger partial charge in [0.25, 0.3) is 5.91 Å². The second-order valence-electron chi connectivity index (χ2n) is 7.04. The average molecular weight is 404 g/mol. The molecule has 30 heavy (non-hydrogen) atoms. The van der Waals surface area contributed by atoms with Gasteiger partial charge in [0.15, 0.2) is 0 Å². The molecule has 0 spiro atoms. The lowest BCUT2D eigenvalue weighted by molar-refractivity contribution is 0.102. The van der Waals surface area contributed by atoms with Gasteiger partial charge < -0.3 is 15.0 Å². The highest BCUT2D eigenvalue weighted by molar-refractivity contribution is 6.04. The van der Waals surface area contributed by atoms with Crippen molar-refractivity contribution in [3.8, 4) is 5.88 Å². The summed E-state index contributed by atoms with van der Waals surface area (Å²) in [7, 11) is 5.61. The molecule has 0 saturated heterocycles. The summed E-state index contributed by atoms with van der Waals surface area (Å²) in [5.74, 6) is -0.0874. The zero-order chi connectivity index (χ0) is 21.5. The molecule has 0 atom stereocenters. The third-order valence-corrected chi connectivity index (χ3v) is 4.32. The Balaban J connectivity index is 1.57. The number of carbonyl (C=O) groups is 2. The van der Waals surface area contributed by atoms with E-state index in [4.69, 9.17) is 4.74 Å². The van der Waals surface area contributed by atoms with E-state index in [1.54, 1.807) is 37.4 Å². The number of hydrogen-bond acceptors (Lipinski definition) is 5. The first-order valence-corrected chi connectivity index (χ1v) is 9.44. The van der Waals surface area contributed by atoms with Crippen LogP contribution in [0.3, 0.4) is 0 Å². The topological polar surface area (TPSA) is 74.8 Å². The molecule has 0 fully saturated rings. The van der Waals surface area contributed by atoms with Crippen LogP contribution in [0, 0.1) is 0 Å². The largest absolute Gasteiger partial charge is 0.420 e. The van der Waals surface area contributed by atoms with Crippen molar-refractivity contribution in [3.63, 3.8) is 0 Å². The molecule has 0 radical (unpaired) electrons. The van der Waals surface area contributed by atoms with E-state index in [1.165, 1.54) is 17.2 Å². The van der Waals surface area contributed by atoms with Gasteiger partial charge in [0, 0.05) is 30.9 Å². The quantitative estimate of drug-likeness (QED) is 0.671. The molecule has 1 aromatic heterocycles. The fraction of sp³-hybridized carbons (Fsp3) is 0.174. The molecule has 154 valence electrons. The number of pyridine rings is 1. The first kappa shape index (κ1) is 21.0. The van der Waals surface area contributed by atoms with E-state index in [2.05, 4.69) is 15.2 Å². The Kier molecular flexibility index (Phi) is 6.77. The van der Waals surface area contributed by atoms with Crippen molar-refractivity contribution >= 4 is 23.4 Å². The molecule has 1 heterocycles. The van der Waals surface area contributed by atoms with Gasteiger partial charge in [0.1, 0.15) is 0 Å². The summed E-state index contributed by atoms with van der Waals surface area (Å²) < 4.78 is 5.28. The van der Waals surface area contributed by atoms with Gasteiger partial charge in [-0.05, 0) is 50.0 Å². The van der Waals surface area contributed by atoms with E-state index in [0.29, 0.717) is 16.9 Å². The zero-order valence-electron chi connectivity index (χ0n) is 17.2. The van der Waals surface area contributed by atoms with Crippen LogP contribution in [0.4, 0.5) is 16.2 Å². The van der Waals surface area contributed by atoms with E-state index in [9.17, 15) is 9.59 Å². The molecule has 2 aromatic carbocycles. The molecule has 7 heteroatoms. The summed E-state index contributed by atoms with van der Waals surface area (Å²) in [6, 6.07) is 19.8.